The number of morpholine rings is 1. The monoisotopic (exact) mass is 714 g/mol. The van der Waals surface area contributed by atoms with Crippen molar-refractivity contribution < 1.29 is 38.4 Å². The Bertz CT molecular complexity index is 1380. The highest BCUT2D eigenvalue weighted by Crippen LogP contribution is 2.87. The number of amides is 1. The highest BCUT2D eigenvalue weighted by atomic mass is 16.7. The zero-order valence-corrected chi connectivity index (χ0v) is 32.9. The molecule has 2 spiro atoms. The Morgan fingerprint density at radius 2 is 1.67 bits per heavy atom. The van der Waals surface area contributed by atoms with Gasteiger partial charge < -0.3 is 33.7 Å². The van der Waals surface area contributed by atoms with E-state index < -0.39 is 17.3 Å². The predicted octanol–water partition coefficient (Wildman–Crippen LogP) is 5.82. The van der Waals surface area contributed by atoms with Crippen molar-refractivity contribution in [2.75, 3.05) is 39.9 Å². The number of Topliss-reactive ketones (excluding diaryl/α,β-unsaturated/α-hetero) is 1. The average Bonchev–Trinajstić information content (AvgIpc) is 3.62. The molecule has 0 aromatic carbocycles. The fourth-order valence-electron chi connectivity index (χ4n) is 13.7. The predicted molar refractivity (Wildman–Crippen MR) is 191 cm³/mol. The second kappa shape index (κ2) is 12.1. The molecule has 5 aliphatic carbocycles. The van der Waals surface area contributed by atoms with E-state index in [9.17, 15) is 14.7 Å². The minimum Gasteiger partial charge on any atom is -0.444 e. The number of ether oxygens (including phenoxy) is 5. The van der Waals surface area contributed by atoms with Crippen molar-refractivity contribution in [2.45, 2.75) is 161 Å². The van der Waals surface area contributed by atoms with Crippen LogP contribution in [-0.4, -0.2) is 115 Å². The van der Waals surface area contributed by atoms with Crippen molar-refractivity contribution in [1.82, 2.24) is 9.80 Å². The third kappa shape index (κ3) is 5.60. The number of aliphatic hydroxyl groups is 1. The highest BCUT2D eigenvalue weighted by Gasteiger charge is 2.82. The van der Waals surface area contributed by atoms with Gasteiger partial charge in [-0.25, -0.2) is 4.79 Å². The summed E-state index contributed by atoms with van der Waals surface area (Å²) in [5.41, 5.74) is -0.958. The Balaban J connectivity index is 0.920. The molecule has 0 radical (unpaired) electrons. The molecule has 3 aliphatic heterocycles. The minimum absolute atomic E-state index is 0.0129. The molecule has 51 heavy (non-hydrogen) atoms. The topological polar surface area (TPSA) is 107 Å². The van der Waals surface area contributed by atoms with Gasteiger partial charge in [-0.2, -0.15) is 0 Å². The Morgan fingerprint density at radius 1 is 0.941 bits per heavy atom. The van der Waals surface area contributed by atoms with Gasteiger partial charge in [0.2, 0.25) is 0 Å². The van der Waals surface area contributed by atoms with Crippen molar-refractivity contribution in [3.8, 4) is 0 Å². The molecule has 1 amide bonds. The van der Waals surface area contributed by atoms with Crippen LogP contribution in [0.1, 0.15) is 113 Å². The maximum absolute atomic E-state index is 14.6. The molecule has 5 saturated carbocycles. The summed E-state index contributed by atoms with van der Waals surface area (Å²) in [7, 11) is 1.64. The van der Waals surface area contributed by atoms with Crippen LogP contribution in [0.25, 0.3) is 0 Å². The molecule has 8 aliphatic rings. The van der Waals surface area contributed by atoms with Crippen LogP contribution >= 0.6 is 0 Å². The molecule has 8 rings (SSSR count). The number of rotatable bonds is 6. The largest absolute Gasteiger partial charge is 0.444 e. The number of fused-ring (bicyclic) bond motifs is 4. The molecule has 288 valence electrons. The van der Waals surface area contributed by atoms with Crippen molar-refractivity contribution in [3.05, 3.63) is 0 Å². The summed E-state index contributed by atoms with van der Waals surface area (Å²) in [6, 6.07) is 0.315. The Labute approximate surface area is 305 Å². The summed E-state index contributed by atoms with van der Waals surface area (Å²) in [6.45, 7) is 20.2. The maximum atomic E-state index is 14.6. The molecule has 0 aromatic heterocycles. The first-order valence-electron chi connectivity index (χ1n) is 20.3. The molecule has 1 N–H and O–H groups in total. The van der Waals surface area contributed by atoms with Gasteiger partial charge in [-0.3, -0.25) is 9.69 Å². The SMILES string of the molecule is COC(C1CCC2C(O1)C(=O)C1C3CCC4C(C)(C)C(OC5CN(C6CN(C(=O)OC(C)(C)C)C6)CCO5)CCC45CC35CCC21C)C(C)(C)O. The lowest BCUT2D eigenvalue weighted by Gasteiger charge is -2.59. The van der Waals surface area contributed by atoms with Gasteiger partial charge in [-0.15, -0.1) is 0 Å². The van der Waals surface area contributed by atoms with Crippen LogP contribution < -0.4 is 0 Å². The first kappa shape index (κ1) is 36.7. The lowest BCUT2D eigenvalue weighted by atomic mass is 9.46. The second-order valence-corrected chi connectivity index (χ2v) is 20.5. The van der Waals surface area contributed by atoms with Crippen LogP contribution in [0, 0.1) is 45.3 Å². The maximum Gasteiger partial charge on any atom is 0.410 e. The van der Waals surface area contributed by atoms with Crippen LogP contribution in [0.15, 0.2) is 0 Å². The van der Waals surface area contributed by atoms with Crippen molar-refractivity contribution in [2.24, 2.45) is 45.3 Å². The van der Waals surface area contributed by atoms with Gasteiger partial charge in [0.05, 0.1) is 31.0 Å². The van der Waals surface area contributed by atoms with E-state index in [-0.39, 0.29) is 58.8 Å². The van der Waals surface area contributed by atoms with Gasteiger partial charge in [0.1, 0.15) is 17.8 Å². The van der Waals surface area contributed by atoms with Gasteiger partial charge in [0.25, 0.3) is 0 Å². The molecule has 8 fully saturated rings. The Morgan fingerprint density at radius 3 is 2.35 bits per heavy atom. The van der Waals surface area contributed by atoms with E-state index in [1.165, 1.54) is 19.3 Å². The zero-order valence-electron chi connectivity index (χ0n) is 32.9. The van der Waals surface area contributed by atoms with E-state index in [1.807, 2.05) is 20.8 Å². The summed E-state index contributed by atoms with van der Waals surface area (Å²) < 4.78 is 31.2. The van der Waals surface area contributed by atoms with Crippen molar-refractivity contribution in [3.63, 3.8) is 0 Å². The standard InChI is InChI=1S/C41H66N2O8/c1-36(2,3)51-35(45)43-20-24(21-43)42-18-19-48-30(22-42)50-29-14-15-41-23-40(41)17-16-39(8)26-10-12-27(34(47-9)38(6,7)46)49-33(26)32(44)31(39)25(40)11-13-28(41)37(29,4)5/h24-31,33-34,46H,10-23H2,1-9H3. The minimum atomic E-state index is -1.03. The summed E-state index contributed by atoms with van der Waals surface area (Å²) in [4.78, 5) is 31.3. The number of likely N-dealkylation sites (tertiary alicyclic amines) is 1. The Hall–Kier alpha value is -1.30. The van der Waals surface area contributed by atoms with Gasteiger partial charge in [0, 0.05) is 38.7 Å². The first-order valence-corrected chi connectivity index (χ1v) is 20.3. The number of nitrogens with zero attached hydrogens (tertiary/aromatic N) is 2. The molecule has 12 atom stereocenters. The molecule has 10 heteroatoms. The molecular formula is C41H66N2O8. The molecule has 3 saturated heterocycles. The molecule has 10 nitrogen and oxygen atoms in total. The normalized spacial score (nSPS) is 45.8. The van der Waals surface area contributed by atoms with E-state index in [0.717, 1.165) is 51.6 Å². The van der Waals surface area contributed by atoms with E-state index >= 15 is 0 Å². The summed E-state index contributed by atoms with van der Waals surface area (Å²) in [5, 5.41) is 10.8. The summed E-state index contributed by atoms with van der Waals surface area (Å²) >= 11 is 0. The van der Waals surface area contributed by atoms with Crippen LogP contribution in [0.4, 0.5) is 4.79 Å². The van der Waals surface area contributed by atoms with Crippen molar-refractivity contribution in [1.29, 1.82) is 0 Å². The van der Waals surface area contributed by atoms with Gasteiger partial charge in [0.15, 0.2) is 12.1 Å². The smallest absolute Gasteiger partial charge is 0.410 e. The Kier molecular flexibility index (Phi) is 8.70. The molecule has 12 unspecified atom stereocenters. The lowest BCUT2D eigenvalue weighted by molar-refractivity contribution is -0.250. The van der Waals surface area contributed by atoms with Crippen LogP contribution in [-0.2, 0) is 28.5 Å². The molecular weight excluding hydrogens is 648 g/mol. The number of methoxy groups -OCH3 is 1. The zero-order chi connectivity index (χ0) is 36.5. The number of hydrogen-bond acceptors (Lipinski definition) is 9. The second-order valence-electron chi connectivity index (χ2n) is 20.5. The third-order valence-corrected chi connectivity index (χ3v) is 16.0. The molecule has 3 heterocycles. The van der Waals surface area contributed by atoms with E-state index in [4.69, 9.17) is 23.7 Å². The van der Waals surface area contributed by atoms with Gasteiger partial charge >= 0.3 is 6.09 Å². The fourth-order valence-corrected chi connectivity index (χ4v) is 13.7. The van der Waals surface area contributed by atoms with Crippen LogP contribution in [0.3, 0.4) is 0 Å². The molecule has 0 bridgehead atoms. The number of carbonyl (C=O) groups is 2. The van der Waals surface area contributed by atoms with E-state index in [1.54, 1.807) is 25.9 Å². The van der Waals surface area contributed by atoms with Crippen LogP contribution in [0.5, 0.6) is 0 Å². The van der Waals surface area contributed by atoms with Crippen molar-refractivity contribution >= 4 is 11.9 Å². The lowest BCUT2D eigenvalue weighted by Crippen LogP contribution is -2.64. The van der Waals surface area contributed by atoms with Gasteiger partial charge in [-0.1, -0.05) is 20.8 Å². The fraction of sp³-hybridized carbons (Fsp3) is 0.951. The average molecular weight is 715 g/mol. The quantitative estimate of drug-likeness (QED) is 0.364. The number of carbonyl (C=O) groups excluding carboxylic acids is 2. The third-order valence-electron chi connectivity index (χ3n) is 16.0. The highest BCUT2D eigenvalue weighted by molar-refractivity contribution is 5.90. The number of hydrogen-bond donors (Lipinski definition) is 1. The van der Waals surface area contributed by atoms with E-state index in [0.29, 0.717) is 48.8 Å². The van der Waals surface area contributed by atoms with Gasteiger partial charge in [-0.05, 0) is 132 Å². The summed E-state index contributed by atoms with van der Waals surface area (Å²) in [6.07, 6.45) is 8.43. The van der Waals surface area contributed by atoms with Crippen LogP contribution in [0.2, 0.25) is 0 Å². The molecule has 0 aromatic rings. The first-order chi connectivity index (χ1) is 23.8. The number of ketones is 1. The summed E-state index contributed by atoms with van der Waals surface area (Å²) in [5.74, 6) is 1.68. The van der Waals surface area contributed by atoms with E-state index in [2.05, 4.69) is 25.7 Å².